The van der Waals surface area contributed by atoms with Gasteiger partial charge in [-0.1, -0.05) is 17.7 Å². The average molecular weight is 313 g/mol. The summed E-state index contributed by atoms with van der Waals surface area (Å²) in [6, 6.07) is 7.94. The molecular formula is C16H15N3O2S. The van der Waals surface area contributed by atoms with E-state index in [1.54, 1.807) is 11.8 Å². The van der Waals surface area contributed by atoms with Gasteiger partial charge in [0, 0.05) is 5.56 Å². The van der Waals surface area contributed by atoms with Crippen LogP contribution in [-0.2, 0) is 6.54 Å². The van der Waals surface area contributed by atoms with Crippen molar-refractivity contribution in [1.29, 1.82) is 0 Å². The Morgan fingerprint density at radius 2 is 2.05 bits per heavy atom. The Balaban J connectivity index is 1.66. The number of carbonyl (C=O) groups excluding carboxylic acids is 1. The van der Waals surface area contributed by atoms with Crippen LogP contribution in [0.1, 0.15) is 26.6 Å². The highest BCUT2D eigenvalue weighted by molar-refractivity contribution is 7.11. The van der Waals surface area contributed by atoms with Crippen molar-refractivity contribution in [2.75, 3.05) is 0 Å². The second-order valence-electron chi connectivity index (χ2n) is 4.96. The molecule has 2 heterocycles. The molecule has 3 aromatic rings. The first kappa shape index (κ1) is 14.5. The number of aromatic nitrogens is 2. The predicted octanol–water partition coefficient (Wildman–Crippen LogP) is 3.34. The summed E-state index contributed by atoms with van der Waals surface area (Å²) in [6.07, 6.45) is 1.56. The van der Waals surface area contributed by atoms with E-state index in [0.717, 1.165) is 11.3 Å². The second kappa shape index (κ2) is 6.11. The molecule has 2 aromatic heterocycles. The average Bonchev–Trinajstić information content (AvgIpc) is 3.14. The van der Waals surface area contributed by atoms with Crippen molar-refractivity contribution in [1.82, 2.24) is 15.3 Å². The summed E-state index contributed by atoms with van der Waals surface area (Å²) < 4.78 is 5.47. The number of hydrogen-bond donors (Lipinski definition) is 1. The molecule has 112 valence electrons. The molecule has 0 aliphatic heterocycles. The minimum absolute atomic E-state index is 0.139. The van der Waals surface area contributed by atoms with Crippen LogP contribution >= 0.6 is 11.3 Å². The number of nitrogens with one attached hydrogen (secondary N) is 1. The lowest BCUT2D eigenvalue weighted by atomic mass is 10.1. The highest BCUT2D eigenvalue weighted by Crippen LogP contribution is 2.19. The van der Waals surface area contributed by atoms with Gasteiger partial charge in [-0.3, -0.25) is 4.79 Å². The molecule has 0 bridgehead atoms. The summed E-state index contributed by atoms with van der Waals surface area (Å²) >= 11 is 1.33. The van der Waals surface area contributed by atoms with Crippen molar-refractivity contribution >= 4 is 17.2 Å². The fraction of sp³-hybridized carbons (Fsp3) is 0.188. The van der Waals surface area contributed by atoms with Crippen LogP contribution in [0.2, 0.25) is 0 Å². The number of aryl methyl sites for hydroxylation is 2. The Hall–Kier alpha value is -2.47. The molecule has 1 aromatic carbocycles. The molecule has 0 fully saturated rings. The Labute approximate surface area is 132 Å². The summed E-state index contributed by atoms with van der Waals surface area (Å²) in [6.45, 7) is 4.17. The van der Waals surface area contributed by atoms with Crippen LogP contribution < -0.4 is 5.32 Å². The number of amides is 1. The molecule has 0 aliphatic rings. The van der Waals surface area contributed by atoms with Gasteiger partial charge in [-0.2, -0.15) is 0 Å². The molecular weight excluding hydrogens is 298 g/mol. The van der Waals surface area contributed by atoms with E-state index in [9.17, 15) is 4.79 Å². The molecule has 0 unspecified atom stereocenters. The molecule has 6 heteroatoms. The van der Waals surface area contributed by atoms with Gasteiger partial charge in [-0.25, -0.2) is 9.97 Å². The van der Waals surface area contributed by atoms with Crippen LogP contribution in [0.15, 0.2) is 40.5 Å². The van der Waals surface area contributed by atoms with Crippen molar-refractivity contribution in [2.45, 2.75) is 20.4 Å². The zero-order chi connectivity index (χ0) is 15.5. The molecule has 5 nitrogen and oxygen atoms in total. The molecule has 0 radical (unpaired) electrons. The third-order valence-corrected chi connectivity index (χ3v) is 4.16. The quantitative estimate of drug-likeness (QED) is 0.802. The maximum Gasteiger partial charge on any atom is 0.263 e. The van der Waals surface area contributed by atoms with Gasteiger partial charge in [-0.05, 0) is 26.0 Å². The van der Waals surface area contributed by atoms with Crippen molar-refractivity contribution in [3.63, 3.8) is 0 Å². The van der Waals surface area contributed by atoms with Gasteiger partial charge < -0.3 is 9.73 Å². The molecule has 0 atom stereocenters. The van der Waals surface area contributed by atoms with Gasteiger partial charge in [0.05, 0.1) is 23.4 Å². The number of rotatable bonds is 4. The molecule has 1 N–H and O–H groups in total. The topological polar surface area (TPSA) is 68.0 Å². The molecule has 0 spiro atoms. The van der Waals surface area contributed by atoms with Crippen molar-refractivity contribution < 1.29 is 9.21 Å². The molecule has 0 saturated heterocycles. The van der Waals surface area contributed by atoms with E-state index in [0.29, 0.717) is 23.0 Å². The van der Waals surface area contributed by atoms with Gasteiger partial charge in [0.25, 0.3) is 5.91 Å². The zero-order valence-electron chi connectivity index (χ0n) is 12.3. The third kappa shape index (κ3) is 3.07. The first-order valence-corrected chi connectivity index (χ1v) is 7.71. The monoisotopic (exact) mass is 313 g/mol. The second-order valence-corrected chi connectivity index (χ2v) is 5.81. The largest absolute Gasteiger partial charge is 0.444 e. The minimum atomic E-state index is -0.139. The maximum absolute atomic E-state index is 12.0. The van der Waals surface area contributed by atoms with Crippen LogP contribution in [0.4, 0.5) is 0 Å². The van der Waals surface area contributed by atoms with Gasteiger partial charge in [0.1, 0.15) is 11.1 Å². The SMILES string of the molecule is Cc1ccc(-c2nc(CNC(=O)c3scnc3C)co2)cc1. The van der Waals surface area contributed by atoms with Crippen LogP contribution in [0, 0.1) is 13.8 Å². The number of benzene rings is 1. The zero-order valence-corrected chi connectivity index (χ0v) is 13.1. The van der Waals surface area contributed by atoms with E-state index in [4.69, 9.17) is 4.42 Å². The van der Waals surface area contributed by atoms with Gasteiger partial charge >= 0.3 is 0 Å². The third-order valence-electron chi connectivity index (χ3n) is 3.23. The number of nitrogens with zero attached hydrogens (tertiary/aromatic N) is 2. The summed E-state index contributed by atoms with van der Waals surface area (Å²) in [5.74, 6) is 0.415. The van der Waals surface area contributed by atoms with E-state index in [-0.39, 0.29) is 5.91 Å². The molecule has 0 saturated carbocycles. The molecule has 3 rings (SSSR count). The first-order valence-electron chi connectivity index (χ1n) is 6.83. The smallest absolute Gasteiger partial charge is 0.263 e. The highest BCUT2D eigenvalue weighted by atomic mass is 32.1. The van der Waals surface area contributed by atoms with E-state index < -0.39 is 0 Å². The molecule has 0 aliphatic carbocycles. The molecule has 1 amide bonds. The lowest BCUT2D eigenvalue weighted by molar-refractivity contribution is 0.0953. The summed E-state index contributed by atoms with van der Waals surface area (Å²) in [5.41, 5.74) is 5.19. The lowest BCUT2D eigenvalue weighted by Gasteiger charge is -2.00. The van der Waals surface area contributed by atoms with E-state index in [2.05, 4.69) is 15.3 Å². The normalized spacial score (nSPS) is 10.6. The Morgan fingerprint density at radius 1 is 1.27 bits per heavy atom. The van der Waals surface area contributed by atoms with E-state index in [1.165, 1.54) is 16.9 Å². The summed E-state index contributed by atoms with van der Waals surface area (Å²) in [4.78, 5) is 21.1. The lowest BCUT2D eigenvalue weighted by Crippen LogP contribution is -2.22. The predicted molar refractivity (Wildman–Crippen MR) is 84.7 cm³/mol. The highest BCUT2D eigenvalue weighted by Gasteiger charge is 2.12. The van der Waals surface area contributed by atoms with Crippen LogP contribution in [0.3, 0.4) is 0 Å². The fourth-order valence-corrected chi connectivity index (χ4v) is 2.71. The first-order chi connectivity index (χ1) is 10.6. The Bertz CT molecular complexity index is 790. The van der Waals surface area contributed by atoms with Gasteiger partial charge in [0.15, 0.2) is 0 Å². The standard InChI is InChI=1S/C16H15N3O2S/c1-10-3-5-12(6-4-10)16-19-13(8-21-16)7-17-15(20)14-11(2)18-9-22-14/h3-6,8-9H,7H2,1-2H3,(H,17,20). The van der Waals surface area contributed by atoms with Crippen LogP contribution in [0.5, 0.6) is 0 Å². The Morgan fingerprint density at radius 3 is 2.73 bits per heavy atom. The van der Waals surface area contributed by atoms with Crippen molar-refractivity contribution in [2.24, 2.45) is 0 Å². The maximum atomic E-state index is 12.0. The van der Waals surface area contributed by atoms with E-state index in [1.807, 2.05) is 38.1 Å². The van der Waals surface area contributed by atoms with Crippen LogP contribution in [-0.4, -0.2) is 15.9 Å². The number of hydrogen-bond acceptors (Lipinski definition) is 5. The number of thiazole rings is 1. The number of oxazole rings is 1. The Kier molecular flexibility index (Phi) is 4.02. The minimum Gasteiger partial charge on any atom is -0.444 e. The van der Waals surface area contributed by atoms with Crippen molar-refractivity contribution in [3.05, 3.63) is 57.9 Å². The van der Waals surface area contributed by atoms with Gasteiger partial charge in [-0.15, -0.1) is 11.3 Å². The van der Waals surface area contributed by atoms with Crippen LogP contribution in [0.25, 0.3) is 11.5 Å². The van der Waals surface area contributed by atoms with Crippen molar-refractivity contribution in [3.8, 4) is 11.5 Å². The van der Waals surface area contributed by atoms with Gasteiger partial charge in [0.2, 0.25) is 5.89 Å². The number of carbonyl (C=O) groups is 1. The summed E-state index contributed by atoms with van der Waals surface area (Å²) in [7, 11) is 0. The molecule has 22 heavy (non-hydrogen) atoms. The fourth-order valence-electron chi connectivity index (χ4n) is 1.99. The summed E-state index contributed by atoms with van der Waals surface area (Å²) in [5, 5.41) is 2.83. The van der Waals surface area contributed by atoms with E-state index >= 15 is 0 Å².